The number of benzene rings is 2. The van der Waals surface area contributed by atoms with Crippen molar-refractivity contribution >= 4 is 35.1 Å². The zero-order valence-corrected chi connectivity index (χ0v) is 35.8. The van der Waals surface area contributed by atoms with Crippen LogP contribution in [-0.4, -0.2) is 104 Å². The van der Waals surface area contributed by atoms with Gasteiger partial charge in [0.05, 0.1) is 6.10 Å². The second-order valence-corrected chi connectivity index (χ2v) is 18.0. The number of hydrogen-bond donors (Lipinski definition) is 5. The smallest absolute Gasteiger partial charge is 0.328 e. The summed E-state index contributed by atoms with van der Waals surface area (Å²) in [7, 11) is 2.22. The number of allylic oxidation sites excluding steroid dienone is 4. The number of aliphatic hydroxyl groups is 3. The number of Topliss-reactive ketones (excluding diaryl/α,β-unsaturated/α-hetero) is 1. The number of rotatable bonds is 10. The first-order valence-electron chi connectivity index (χ1n) is 20.7. The third-order valence-electron chi connectivity index (χ3n) is 14.4. The highest BCUT2D eigenvalue weighted by Gasteiger charge is 2.75. The van der Waals surface area contributed by atoms with Gasteiger partial charge in [-0.05, 0) is 120 Å². The molecule has 2 aromatic carbocycles. The molecule has 4 fully saturated rings. The Morgan fingerprint density at radius 3 is 2.18 bits per heavy atom. The number of carboxylic acid groups (broad SMARTS) is 2. The number of ketones is 2. The Morgan fingerprint density at radius 1 is 1.00 bits per heavy atom. The number of alkyl halides is 1. The van der Waals surface area contributed by atoms with Crippen LogP contribution in [0.25, 0.3) is 0 Å². The van der Waals surface area contributed by atoms with Crippen LogP contribution in [0.5, 0.6) is 0 Å². The van der Waals surface area contributed by atoms with Crippen LogP contribution in [0.3, 0.4) is 0 Å². The summed E-state index contributed by atoms with van der Waals surface area (Å²) in [5.74, 6) is -4.63. The van der Waals surface area contributed by atoms with Crippen molar-refractivity contribution in [3.8, 4) is 0 Å². The summed E-state index contributed by atoms with van der Waals surface area (Å²) in [4.78, 5) is 45.9. The van der Waals surface area contributed by atoms with Crippen LogP contribution >= 0.6 is 11.6 Å². The van der Waals surface area contributed by atoms with Crippen LogP contribution in [0, 0.1) is 28.6 Å². The Morgan fingerprint density at radius 2 is 1.62 bits per heavy atom. The van der Waals surface area contributed by atoms with Gasteiger partial charge in [0.25, 0.3) is 0 Å². The third kappa shape index (κ3) is 8.69. The summed E-state index contributed by atoms with van der Waals surface area (Å²) in [6.07, 6.45) is 9.21. The largest absolute Gasteiger partial charge is 0.478 e. The molecule has 4 aliphatic carbocycles. The van der Waals surface area contributed by atoms with Gasteiger partial charge in [0, 0.05) is 46.6 Å². The standard InChI is InChI=1S/C22H29FO5.C21H26ClNO.C4H4O4/c1-12-8-16-15-5-4-13-9-14(25)6-7-19(13,2)21(15,23)17(26)10-20(16,3)22(12,28)18(27)11-24;1-21(17-7-4-3-5-8-17,18-10-12-19(22)13-11-18)24-16-14-20-9-6-15-23(20)2;5-3(6)1-2-4(7)8/h6-7,9,12,15-17,24,26,28H,4-5,8,10-11H2,1-3H3;3-5,7-8,10-13,20H,6,9,14-16H2,1-2H3;1-2H,(H,5,6)(H,7,8)/b;;2-1+/t12-,15+,16+,17+,19+,20+,21?,22+;20-,21-;/m11./s1. The van der Waals surface area contributed by atoms with Gasteiger partial charge in [-0.25, -0.2) is 14.0 Å². The minimum Gasteiger partial charge on any atom is -0.478 e. The molecule has 0 bridgehead atoms. The van der Waals surface area contributed by atoms with E-state index in [0.29, 0.717) is 43.0 Å². The van der Waals surface area contributed by atoms with E-state index >= 15 is 4.39 Å². The van der Waals surface area contributed by atoms with Gasteiger partial charge in [0.1, 0.15) is 17.8 Å². The number of fused-ring (bicyclic) bond motifs is 5. The molecule has 5 N–H and O–H groups in total. The van der Waals surface area contributed by atoms with E-state index in [4.69, 9.17) is 26.6 Å². The number of carbonyl (C=O) groups is 4. The average molecular weight is 852 g/mol. The number of aliphatic hydroxyl groups excluding tert-OH is 2. The van der Waals surface area contributed by atoms with Crippen LogP contribution < -0.4 is 0 Å². The van der Waals surface area contributed by atoms with Crippen LogP contribution in [0.15, 0.2) is 90.6 Å². The molecule has 7 rings (SSSR count). The van der Waals surface area contributed by atoms with E-state index in [1.54, 1.807) is 26.8 Å². The van der Waals surface area contributed by atoms with Crippen molar-refractivity contribution in [3.63, 3.8) is 0 Å². The second kappa shape index (κ2) is 18.5. The molecule has 3 saturated carbocycles. The fraction of sp³-hybridized carbons (Fsp3) is 0.532. The maximum absolute atomic E-state index is 16.9. The molecule has 1 aliphatic heterocycles. The Hall–Kier alpha value is -4.04. The van der Waals surface area contributed by atoms with E-state index in [-0.39, 0.29) is 18.1 Å². The van der Waals surface area contributed by atoms with E-state index in [0.717, 1.165) is 23.6 Å². The molecule has 0 radical (unpaired) electrons. The maximum atomic E-state index is 16.9. The second-order valence-electron chi connectivity index (χ2n) is 17.6. The van der Waals surface area contributed by atoms with Crippen LogP contribution in [0.2, 0.25) is 5.02 Å². The fourth-order valence-electron chi connectivity index (χ4n) is 11.0. The topological polar surface area (TPSA) is 182 Å². The van der Waals surface area contributed by atoms with Gasteiger partial charge >= 0.3 is 11.9 Å². The van der Waals surface area contributed by atoms with Crippen molar-refractivity contribution in [2.75, 3.05) is 26.8 Å². The molecule has 0 aromatic heterocycles. The van der Waals surface area contributed by atoms with Crippen molar-refractivity contribution in [1.82, 2.24) is 4.90 Å². The number of hydrogen-bond acceptors (Lipinski definition) is 9. The minimum absolute atomic E-state index is 0.0676. The van der Waals surface area contributed by atoms with Crippen molar-refractivity contribution in [2.24, 2.45) is 28.6 Å². The summed E-state index contributed by atoms with van der Waals surface area (Å²) in [5, 5.41) is 48.3. The molecule has 5 aliphatic rings. The maximum Gasteiger partial charge on any atom is 0.328 e. The monoisotopic (exact) mass is 851 g/mol. The van der Waals surface area contributed by atoms with Gasteiger partial charge in [0.15, 0.2) is 17.2 Å². The third-order valence-corrected chi connectivity index (χ3v) is 14.6. The molecule has 1 saturated heterocycles. The van der Waals surface area contributed by atoms with Gasteiger partial charge < -0.3 is 35.2 Å². The van der Waals surface area contributed by atoms with Crippen LogP contribution in [-0.2, 0) is 29.5 Å². The first kappa shape index (κ1) is 47.0. The number of carboxylic acids is 2. The van der Waals surface area contributed by atoms with Crippen LogP contribution in [0.1, 0.15) is 83.8 Å². The van der Waals surface area contributed by atoms with Gasteiger partial charge in [-0.2, -0.15) is 0 Å². The zero-order chi connectivity index (χ0) is 44.3. The lowest BCUT2D eigenvalue weighted by Crippen LogP contribution is -2.69. The number of ether oxygens (including phenoxy) is 1. The average Bonchev–Trinajstić information content (AvgIpc) is 3.71. The van der Waals surface area contributed by atoms with E-state index in [1.165, 1.54) is 37.1 Å². The fourth-order valence-corrected chi connectivity index (χ4v) is 11.1. The summed E-state index contributed by atoms with van der Waals surface area (Å²) < 4.78 is 23.3. The molecule has 1 unspecified atom stereocenters. The molecule has 0 spiro atoms. The Bertz CT molecular complexity index is 1970. The number of carbonyl (C=O) groups excluding carboxylic acids is 2. The first-order chi connectivity index (χ1) is 28.2. The molecule has 10 atom stereocenters. The Labute approximate surface area is 356 Å². The van der Waals surface area contributed by atoms with Gasteiger partial charge in [-0.15, -0.1) is 0 Å². The van der Waals surface area contributed by atoms with Crippen molar-refractivity contribution in [3.05, 3.63) is 107 Å². The molecule has 11 nitrogen and oxygen atoms in total. The summed E-state index contributed by atoms with van der Waals surface area (Å²) in [5.41, 5.74) is -3.31. The van der Waals surface area contributed by atoms with Gasteiger partial charge in [-0.1, -0.05) is 79.6 Å². The number of nitrogens with zero attached hydrogens (tertiary/aromatic N) is 1. The Balaban J connectivity index is 0.000000195. The molecular formula is C47H59ClFNO10. The quantitative estimate of drug-likeness (QED) is 0.160. The van der Waals surface area contributed by atoms with Crippen molar-refractivity contribution < 1.29 is 53.8 Å². The number of halogens is 2. The number of likely N-dealkylation sites (tertiary alicyclic amines) is 1. The highest BCUT2D eigenvalue weighted by molar-refractivity contribution is 6.30. The van der Waals surface area contributed by atoms with Crippen LogP contribution in [0.4, 0.5) is 4.39 Å². The highest BCUT2D eigenvalue weighted by Crippen LogP contribution is 2.70. The lowest BCUT2D eigenvalue weighted by Gasteiger charge is -2.62. The lowest BCUT2D eigenvalue weighted by atomic mass is 9.44. The van der Waals surface area contributed by atoms with E-state index < -0.39 is 70.0 Å². The SMILES string of the molecule is CN1CCC[C@@H]1CCO[C@](C)(c1ccccc1)c1ccc(Cl)cc1.C[C@@H]1C[C@H]2[C@@H]3CCC4=CC(=O)C=C[C@]4(C)C3(F)[C@@H](O)C[C@]2(C)[C@@]1(O)C(=O)CO.O=C(O)/C=C/C(=O)O. The summed E-state index contributed by atoms with van der Waals surface area (Å²) in [6, 6.07) is 19.1. The number of aliphatic carboxylic acids is 2. The van der Waals surface area contributed by atoms with Gasteiger partial charge in [-0.3, -0.25) is 9.59 Å². The molecule has 2 aromatic rings. The minimum atomic E-state index is -1.98. The summed E-state index contributed by atoms with van der Waals surface area (Å²) >= 11 is 6.07. The van der Waals surface area contributed by atoms with E-state index in [1.807, 2.05) is 18.2 Å². The lowest BCUT2D eigenvalue weighted by molar-refractivity contribution is -0.219. The Kier molecular flexibility index (Phi) is 14.5. The molecule has 13 heteroatoms. The summed E-state index contributed by atoms with van der Waals surface area (Å²) in [6.45, 7) is 8.60. The molecule has 1 heterocycles. The van der Waals surface area contributed by atoms with Crippen molar-refractivity contribution in [1.29, 1.82) is 0 Å². The molecule has 60 heavy (non-hydrogen) atoms. The molecule has 0 amide bonds. The normalized spacial score (nSPS) is 34.1. The highest BCUT2D eigenvalue weighted by atomic mass is 35.5. The van der Waals surface area contributed by atoms with Gasteiger partial charge in [0.2, 0.25) is 0 Å². The predicted molar refractivity (Wildman–Crippen MR) is 225 cm³/mol. The zero-order valence-electron chi connectivity index (χ0n) is 35.0. The van der Waals surface area contributed by atoms with E-state index in [2.05, 4.69) is 55.3 Å². The molecule has 326 valence electrons. The predicted octanol–water partition coefficient (Wildman–Crippen LogP) is 6.71. The molecular weight excluding hydrogens is 793 g/mol. The first-order valence-corrected chi connectivity index (χ1v) is 21.0. The van der Waals surface area contributed by atoms with Crippen molar-refractivity contribution in [2.45, 2.75) is 102 Å². The van der Waals surface area contributed by atoms with E-state index in [9.17, 15) is 34.5 Å².